The molecule has 6 heteroatoms. The van der Waals surface area contributed by atoms with Crippen LogP contribution in [0.25, 0.3) is 11.4 Å². The molecule has 0 unspecified atom stereocenters. The molecule has 0 saturated carbocycles. The summed E-state index contributed by atoms with van der Waals surface area (Å²) in [6.07, 6.45) is 2.29. The average Bonchev–Trinajstić information content (AvgIpc) is 2.75. The van der Waals surface area contributed by atoms with Gasteiger partial charge < -0.3 is 10.8 Å². The van der Waals surface area contributed by atoms with Gasteiger partial charge in [-0.1, -0.05) is 6.92 Å². The van der Waals surface area contributed by atoms with Gasteiger partial charge in [0.15, 0.2) is 11.5 Å². The fraction of sp³-hybridized carbons (Fsp3) is 0.222. The third kappa shape index (κ3) is 1.50. The molecule has 15 heavy (non-hydrogen) atoms. The van der Waals surface area contributed by atoms with Gasteiger partial charge >= 0.3 is 0 Å². The van der Waals surface area contributed by atoms with Gasteiger partial charge in [-0.3, -0.25) is 4.79 Å². The summed E-state index contributed by atoms with van der Waals surface area (Å²) < 4.78 is 1.03. The largest absolute Gasteiger partial charge is 0.360 e. The molecule has 0 amide bonds. The number of hydrogen-bond donors (Lipinski definition) is 2. The van der Waals surface area contributed by atoms with E-state index in [0.717, 1.165) is 4.68 Å². The highest BCUT2D eigenvalue weighted by molar-refractivity contribution is 5.51. The van der Waals surface area contributed by atoms with Crippen LogP contribution in [0.2, 0.25) is 0 Å². The molecule has 0 atom stereocenters. The summed E-state index contributed by atoms with van der Waals surface area (Å²) in [4.78, 5) is 14.6. The van der Waals surface area contributed by atoms with Crippen LogP contribution < -0.4 is 11.4 Å². The van der Waals surface area contributed by atoms with E-state index in [1.165, 1.54) is 0 Å². The van der Waals surface area contributed by atoms with Crippen molar-refractivity contribution in [2.75, 3.05) is 5.84 Å². The predicted molar refractivity (Wildman–Crippen MR) is 55.6 cm³/mol. The van der Waals surface area contributed by atoms with Crippen molar-refractivity contribution in [1.29, 1.82) is 0 Å². The van der Waals surface area contributed by atoms with Gasteiger partial charge in [0.2, 0.25) is 0 Å². The molecule has 2 aromatic heterocycles. The third-order valence-electron chi connectivity index (χ3n) is 2.13. The predicted octanol–water partition coefficient (Wildman–Crippen LogP) is -0.0904. The number of aromatic nitrogens is 4. The number of nitrogens with zero attached hydrogens (tertiary/aromatic N) is 3. The molecule has 0 aliphatic rings. The van der Waals surface area contributed by atoms with Crippen LogP contribution >= 0.6 is 0 Å². The van der Waals surface area contributed by atoms with Crippen molar-refractivity contribution in [1.82, 2.24) is 19.9 Å². The van der Waals surface area contributed by atoms with Crippen LogP contribution in [0.5, 0.6) is 0 Å². The van der Waals surface area contributed by atoms with Gasteiger partial charge in [0.25, 0.3) is 5.56 Å². The number of H-pyrrole nitrogens is 1. The topological polar surface area (TPSA) is 89.6 Å². The van der Waals surface area contributed by atoms with E-state index in [4.69, 9.17) is 5.84 Å². The number of hydrogen-bond acceptors (Lipinski definition) is 4. The highest BCUT2D eigenvalue weighted by Crippen LogP contribution is 2.07. The summed E-state index contributed by atoms with van der Waals surface area (Å²) in [5.74, 6) is 6.06. The Kier molecular flexibility index (Phi) is 2.24. The van der Waals surface area contributed by atoms with E-state index in [0.29, 0.717) is 17.9 Å². The first-order valence-electron chi connectivity index (χ1n) is 4.61. The maximum atomic E-state index is 11.8. The van der Waals surface area contributed by atoms with Crippen molar-refractivity contribution in [2.24, 2.45) is 0 Å². The van der Waals surface area contributed by atoms with Crippen LogP contribution in [0.3, 0.4) is 0 Å². The van der Waals surface area contributed by atoms with Crippen molar-refractivity contribution in [3.05, 3.63) is 34.5 Å². The Balaban J connectivity index is 2.62. The zero-order valence-electron chi connectivity index (χ0n) is 8.27. The van der Waals surface area contributed by atoms with Gasteiger partial charge in [-0.05, 0) is 12.1 Å². The molecule has 0 aromatic carbocycles. The summed E-state index contributed by atoms with van der Waals surface area (Å²) >= 11 is 0. The van der Waals surface area contributed by atoms with Crippen LogP contribution in [0.1, 0.15) is 12.7 Å². The zero-order valence-corrected chi connectivity index (χ0v) is 8.27. The molecule has 2 heterocycles. The van der Waals surface area contributed by atoms with Crippen molar-refractivity contribution in [3.8, 4) is 11.4 Å². The van der Waals surface area contributed by atoms with Gasteiger partial charge in [0, 0.05) is 12.6 Å². The number of rotatable bonds is 2. The minimum Gasteiger partial charge on any atom is -0.360 e. The second-order valence-electron chi connectivity index (χ2n) is 3.08. The minimum atomic E-state index is -0.343. The van der Waals surface area contributed by atoms with E-state index in [9.17, 15) is 4.79 Å². The fourth-order valence-electron chi connectivity index (χ4n) is 1.32. The van der Waals surface area contributed by atoms with Crippen molar-refractivity contribution in [3.63, 3.8) is 0 Å². The van der Waals surface area contributed by atoms with E-state index in [2.05, 4.69) is 15.2 Å². The van der Waals surface area contributed by atoms with Gasteiger partial charge in [0.1, 0.15) is 0 Å². The lowest BCUT2D eigenvalue weighted by molar-refractivity contribution is 0.733. The molecular weight excluding hydrogens is 194 g/mol. The number of nitrogen functional groups attached to an aromatic ring is 1. The van der Waals surface area contributed by atoms with Crippen LogP contribution in [-0.4, -0.2) is 19.9 Å². The highest BCUT2D eigenvalue weighted by atomic mass is 16.1. The van der Waals surface area contributed by atoms with E-state index in [1.54, 1.807) is 18.3 Å². The smallest absolute Gasteiger partial charge is 0.300 e. The summed E-state index contributed by atoms with van der Waals surface area (Å²) in [6, 6.07) is 3.53. The number of aryl methyl sites for hydroxylation is 1. The Morgan fingerprint density at radius 1 is 1.53 bits per heavy atom. The maximum absolute atomic E-state index is 11.8. The van der Waals surface area contributed by atoms with Gasteiger partial charge in [0.05, 0.1) is 5.69 Å². The molecule has 6 nitrogen and oxygen atoms in total. The van der Waals surface area contributed by atoms with E-state index >= 15 is 0 Å². The molecule has 0 bridgehead atoms. The van der Waals surface area contributed by atoms with Crippen LogP contribution in [0, 0.1) is 0 Å². The Morgan fingerprint density at radius 2 is 2.33 bits per heavy atom. The molecule has 0 spiro atoms. The van der Waals surface area contributed by atoms with Crippen molar-refractivity contribution < 1.29 is 0 Å². The van der Waals surface area contributed by atoms with Gasteiger partial charge in [-0.15, -0.1) is 10.2 Å². The second-order valence-corrected chi connectivity index (χ2v) is 3.08. The normalized spacial score (nSPS) is 10.5. The quantitative estimate of drug-likeness (QED) is 0.670. The van der Waals surface area contributed by atoms with E-state index in [1.807, 2.05) is 6.92 Å². The van der Waals surface area contributed by atoms with Crippen molar-refractivity contribution >= 4 is 0 Å². The lowest BCUT2D eigenvalue weighted by Crippen LogP contribution is -2.33. The second kappa shape index (κ2) is 3.56. The number of aromatic amines is 1. The molecule has 0 radical (unpaired) electrons. The Morgan fingerprint density at radius 3 is 2.93 bits per heavy atom. The van der Waals surface area contributed by atoms with Crippen LogP contribution in [0.4, 0.5) is 0 Å². The Bertz CT molecular complexity index is 514. The van der Waals surface area contributed by atoms with Gasteiger partial charge in [-0.25, -0.2) is 4.68 Å². The maximum Gasteiger partial charge on any atom is 0.300 e. The molecule has 0 saturated heterocycles. The summed E-state index contributed by atoms with van der Waals surface area (Å²) in [5, 5.41) is 7.74. The third-order valence-corrected chi connectivity index (χ3v) is 2.13. The first-order chi connectivity index (χ1) is 7.24. The first-order valence-corrected chi connectivity index (χ1v) is 4.61. The molecule has 0 aliphatic heterocycles. The average molecular weight is 205 g/mol. The first kappa shape index (κ1) is 9.45. The minimum absolute atomic E-state index is 0.236. The lowest BCUT2D eigenvalue weighted by atomic mass is 10.3. The lowest BCUT2D eigenvalue weighted by Gasteiger charge is -2.04. The zero-order chi connectivity index (χ0) is 10.8. The number of nitrogens with one attached hydrogen (secondary N) is 1. The molecule has 0 aliphatic carbocycles. The summed E-state index contributed by atoms with van der Waals surface area (Å²) in [5.41, 5.74) is 0.512. The molecule has 3 N–H and O–H groups in total. The summed E-state index contributed by atoms with van der Waals surface area (Å²) in [6.45, 7) is 1.86. The highest BCUT2D eigenvalue weighted by Gasteiger charge is 2.10. The molecule has 2 aromatic rings. The monoisotopic (exact) mass is 205 g/mol. The van der Waals surface area contributed by atoms with Crippen molar-refractivity contribution in [2.45, 2.75) is 13.3 Å². The Hall–Kier alpha value is -2.11. The Labute approximate surface area is 85.7 Å². The summed E-state index contributed by atoms with van der Waals surface area (Å²) in [7, 11) is 0. The molecular formula is C9H11N5O. The number of nitrogens with two attached hydrogens (primary N) is 1. The van der Waals surface area contributed by atoms with Gasteiger partial charge in [-0.2, -0.15) is 0 Å². The van der Waals surface area contributed by atoms with Crippen LogP contribution in [0.15, 0.2) is 23.1 Å². The van der Waals surface area contributed by atoms with E-state index < -0.39 is 0 Å². The molecule has 78 valence electrons. The molecule has 2 rings (SSSR count). The standard InChI is InChI=1S/C9H11N5O/c1-2-7-12-13-8(9(15)14(7)10)6-4-3-5-11-6/h3-5,11H,2,10H2,1H3. The molecule has 0 fully saturated rings. The SMILES string of the molecule is CCc1nnc(-c2ccc[nH]2)c(=O)n1N. The fourth-order valence-corrected chi connectivity index (χ4v) is 1.32. The van der Waals surface area contributed by atoms with E-state index in [-0.39, 0.29) is 11.3 Å². The van der Waals surface area contributed by atoms with Crippen LogP contribution in [-0.2, 0) is 6.42 Å².